The molecule has 0 unspecified atom stereocenters. The topological polar surface area (TPSA) is 97.4 Å². The number of hydrogen-bond acceptors (Lipinski definition) is 5. The van der Waals surface area contributed by atoms with Crippen LogP contribution in [0, 0.1) is 6.92 Å². The number of rotatable bonds is 6. The van der Waals surface area contributed by atoms with E-state index in [1.807, 2.05) is 6.92 Å². The second-order valence-electron chi connectivity index (χ2n) is 6.84. The Balaban J connectivity index is 2.01. The van der Waals surface area contributed by atoms with Crippen molar-refractivity contribution < 1.29 is 27.6 Å². The lowest BCUT2D eigenvalue weighted by molar-refractivity contribution is -0.137. The maximum atomic E-state index is 13.1. The molecule has 0 atom stereocenters. The van der Waals surface area contributed by atoms with Gasteiger partial charge in [-0.25, -0.2) is 0 Å². The molecule has 2 heterocycles. The number of aryl methyl sites for hydroxylation is 1. The van der Waals surface area contributed by atoms with Gasteiger partial charge in [-0.3, -0.25) is 14.2 Å². The summed E-state index contributed by atoms with van der Waals surface area (Å²) in [6, 6.07) is 7.28. The SMILES string of the molecule is CCc1cc(C(=O)NCc2cc(CO)no2)c(=O)n(-c2cccc(C(F)(F)F)c2)c1C. The van der Waals surface area contributed by atoms with E-state index in [9.17, 15) is 22.8 Å². The van der Waals surface area contributed by atoms with Gasteiger partial charge < -0.3 is 14.9 Å². The molecule has 31 heavy (non-hydrogen) atoms. The Morgan fingerprint density at radius 2 is 2.00 bits per heavy atom. The molecule has 0 spiro atoms. The van der Waals surface area contributed by atoms with Crippen LogP contribution in [0.4, 0.5) is 13.2 Å². The summed E-state index contributed by atoms with van der Waals surface area (Å²) in [6.07, 6.45) is -4.10. The van der Waals surface area contributed by atoms with Gasteiger partial charge in [-0.2, -0.15) is 13.2 Å². The molecule has 1 aromatic carbocycles. The van der Waals surface area contributed by atoms with E-state index < -0.39 is 23.2 Å². The largest absolute Gasteiger partial charge is 0.416 e. The molecule has 0 aliphatic heterocycles. The highest BCUT2D eigenvalue weighted by Crippen LogP contribution is 2.30. The van der Waals surface area contributed by atoms with Gasteiger partial charge in [0.05, 0.1) is 18.7 Å². The first-order valence-corrected chi connectivity index (χ1v) is 9.42. The fraction of sp³-hybridized carbons (Fsp3) is 0.286. The highest BCUT2D eigenvalue weighted by molar-refractivity contribution is 5.94. The average Bonchev–Trinajstić information content (AvgIpc) is 3.20. The number of hydrogen-bond donors (Lipinski definition) is 2. The monoisotopic (exact) mass is 435 g/mol. The maximum absolute atomic E-state index is 13.1. The zero-order valence-electron chi connectivity index (χ0n) is 16.8. The van der Waals surface area contributed by atoms with Crippen LogP contribution in [0.3, 0.4) is 0 Å². The van der Waals surface area contributed by atoms with Crippen LogP contribution in [0.15, 0.2) is 45.7 Å². The van der Waals surface area contributed by atoms with Gasteiger partial charge in [-0.1, -0.05) is 18.1 Å². The first-order valence-electron chi connectivity index (χ1n) is 9.42. The Kier molecular flexibility index (Phi) is 6.30. The van der Waals surface area contributed by atoms with Crippen molar-refractivity contribution in [2.24, 2.45) is 0 Å². The quantitative estimate of drug-likeness (QED) is 0.620. The summed E-state index contributed by atoms with van der Waals surface area (Å²) in [5, 5.41) is 15.1. The number of halogens is 3. The Morgan fingerprint density at radius 3 is 2.61 bits per heavy atom. The van der Waals surface area contributed by atoms with Crippen LogP contribution in [-0.2, 0) is 25.7 Å². The van der Waals surface area contributed by atoms with Crippen molar-refractivity contribution in [3.8, 4) is 5.69 Å². The molecule has 1 amide bonds. The molecule has 0 saturated heterocycles. The molecule has 0 aliphatic carbocycles. The van der Waals surface area contributed by atoms with Crippen LogP contribution in [0.2, 0.25) is 0 Å². The number of pyridine rings is 1. The Morgan fingerprint density at radius 1 is 1.26 bits per heavy atom. The van der Waals surface area contributed by atoms with Gasteiger partial charge in [0.25, 0.3) is 11.5 Å². The van der Waals surface area contributed by atoms with Gasteiger partial charge in [-0.05, 0) is 43.2 Å². The van der Waals surface area contributed by atoms with E-state index >= 15 is 0 Å². The summed E-state index contributed by atoms with van der Waals surface area (Å²) in [5.74, 6) is -0.430. The molecule has 2 aromatic heterocycles. The number of amides is 1. The van der Waals surface area contributed by atoms with Crippen molar-refractivity contribution in [3.05, 3.63) is 80.6 Å². The highest BCUT2D eigenvalue weighted by atomic mass is 19.4. The second kappa shape index (κ2) is 8.76. The predicted octanol–water partition coefficient (Wildman–Crippen LogP) is 3.14. The lowest BCUT2D eigenvalue weighted by Gasteiger charge is -2.17. The molecule has 2 N–H and O–H groups in total. The number of nitrogens with zero attached hydrogens (tertiary/aromatic N) is 2. The van der Waals surface area contributed by atoms with E-state index in [2.05, 4.69) is 10.5 Å². The van der Waals surface area contributed by atoms with Crippen LogP contribution < -0.4 is 10.9 Å². The van der Waals surface area contributed by atoms with E-state index in [-0.39, 0.29) is 30.2 Å². The summed E-state index contributed by atoms with van der Waals surface area (Å²) < 4.78 is 45.5. The van der Waals surface area contributed by atoms with Crippen molar-refractivity contribution in [2.45, 2.75) is 39.6 Å². The third-order valence-corrected chi connectivity index (χ3v) is 4.80. The number of aliphatic hydroxyl groups is 1. The molecule has 7 nitrogen and oxygen atoms in total. The fourth-order valence-electron chi connectivity index (χ4n) is 3.19. The molecule has 0 fully saturated rings. The second-order valence-corrected chi connectivity index (χ2v) is 6.84. The first-order chi connectivity index (χ1) is 14.7. The van der Waals surface area contributed by atoms with E-state index in [0.717, 1.165) is 16.7 Å². The minimum absolute atomic E-state index is 0.0181. The van der Waals surface area contributed by atoms with Gasteiger partial charge in [0.2, 0.25) is 0 Å². The standard InChI is InChI=1S/C21H20F3N3O4/c1-3-13-7-18(19(29)25-10-17-9-15(11-28)26-31-17)20(30)27(12(13)2)16-6-4-5-14(8-16)21(22,23)24/h4-9,28H,3,10-11H2,1-2H3,(H,25,29). The van der Waals surface area contributed by atoms with Crippen molar-refractivity contribution >= 4 is 5.91 Å². The molecule has 10 heteroatoms. The molecule has 0 aliphatic rings. The normalized spacial score (nSPS) is 11.5. The summed E-state index contributed by atoms with van der Waals surface area (Å²) >= 11 is 0. The molecule has 0 saturated carbocycles. The fourth-order valence-corrected chi connectivity index (χ4v) is 3.19. The lowest BCUT2D eigenvalue weighted by atomic mass is 10.1. The third-order valence-electron chi connectivity index (χ3n) is 4.80. The number of carbonyl (C=O) groups excluding carboxylic acids is 1. The number of aliphatic hydroxyl groups excluding tert-OH is 1. The van der Waals surface area contributed by atoms with Gasteiger partial charge in [0.1, 0.15) is 11.3 Å². The van der Waals surface area contributed by atoms with Gasteiger partial charge >= 0.3 is 6.18 Å². The zero-order valence-corrected chi connectivity index (χ0v) is 16.8. The number of alkyl halides is 3. The van der Waals surface area contributed by atoms with E-state index in [1.165, 1.54) is 24.3 Å². The van der Waals surface area contributed by atoms with Crippen molar-refractivity contribution in [3.63, 3.8) is 0 Å². The molecule has 0 bridgehead atoms. The molecule has 164 valence electrons. The first kappa shape index (κ1) is 22.3. The Hall–Kier alpha value is -3.40. The van der Waals surface area contributed by atoms with Crippen LogP contribution in [0.5, 0.6) is 0 Å². The molecular weight excluding hydrogens is 415 g/mol. The van der Waals surface area contributed by atoms with E-state index in [4.69, 9.17) is 9.63 Å². The molecular formula is C21H20F3N3O4. The van der Waals surface area contributed by atoms with Crippen molar-refractivity contribution in [1.82, 2.24) is 15.0 Å². The van der Waals surface area contributed by atoms with Crippen LogP contribution in [0.1, 0.15) is 45.6 Å². The van der Waals surface area contributed by atoms with Gasteiger partial charge in [0, 0.05) is 17.4 Å². The number of aromatic nitrogens is 2. The summed E-state index contributed by atoms with van der Waals surface area (Å²) in [4.78, 5) is 25.8. The average molecular weight is 435 g/mol. The summed E-state index contributed by atoms with van der Waals surface area (Å²) in [7, 11) is 0. The van der Waals surface area contributed by atoms with E-state index in [1.54, 1.807) is 6.92 Å². The highest BCUT2D eigenvalue weighted by Gasteiger charge is 2.31. The van der Waals surface area contributed by atoms with Crippen LogP contribution in [0.25, 0.3) is 5.69 Å². The third kappa shape index (κ3) is 4.69. The van der Waals surface area contributed by atoms with E-state index in [0.29, 0.717) is 23.4 Å². The maximum Gasteiger partial charge on any atom is 0.416 e. The number of carbonyl (C=O) groups is 1. The predicted molar refractivity (Wildman–Crippen MR) is 105 cm³/mol. The van der Waals surface area contributed by atoms with Crippen molar-refractivity contribution in [2.75, 3.05) is 0 Å². The molecule has 3 aromatic rings. The van der Waals surface area contributed by atoms with Gasteiger partial charge in [0.15, 0.2) is 5.76 Å². The minimum atomic E-state index is -4.57. The Labute approximate surface area is 175 Å². The van der Waals surface area contributed by atoms with Gasteiger partial charge in [-0.15, -0.1) is 0 Å². The lowest BCUT2D eigenvalue weighted by Crippen LogP contribution is -2.34. The summed E-state index contributed by atoms with van der Waals surface area (Å²) in [6.45, 7) is 3.03. The zero-order chi connectivity index (χ0) is 22.8. The molecule has 0 radical (unpaired) electrons. The Bertz CT molecular complexity index is 1170. The van der Waals surface area contributed by atoms with Crippen LogP contribution >= 0.6 is 0 Å². The smallest absolute Gasteiger partial charge is 0.390 e. The number of nitrogens with one attached hydrogen (secondary N) is 1. The van der Waals surface area contributed by atoms with Crippen molar-refractivity contribution in [1.29, 1.82) is 0 Å². The van der Waals surface area contributed by atoms with Crippen LogP contribution in [-0.4, -0.2) is 20.7 Å². The number of benzene rings is 1. The molecule has 3 rings (SSSR count). The minimum Gasteiger partial charge on any atom is -0.390 e. The summed E-state index contributed by atoms with van der Waals surface area (Å²) in [5.41, 5.74) is -0.434.